The van der Waals surface area contributed by atoms with Crippen molar-refractivity contribution in [2.45, 2.75) is 0 Å². The van der Waals surface area contributed by atoms with Gasteiger partial charge in [0.2, 0.25) is 0 Å². The first kappa shape index (κ1) is 6.97. The summed E-state index contributed by atoms with van der Waals surface area (Å²) in [6.45, 7) is 0. The largest absolute Gasteiger partial charge is 0.221 e. The summed E-state index contributed by atoms with van der Waals surface area (Å²) in [6.07, 6.45) is 3.21. The van der Waals surface area contributed by atoms with Crippen LogP contribution in [0.3, 0.4) is 0 Å². The van der Waals surface area contributed by atoms with Gasteiger partial charge in [0.05, 0.1) is 18.1 Å². The van der Waals surface area contributed by atoms with Crippen LogP contribution in [-0.4, -0.2) is 15.0 Å². The average molecular weight is 163 g/mol. The van der Waals surface area contributed by atoms with E-state index in [9.17, 15) is 4.39 Å². The minimum absolute atomic E-state index is 0.275. The molecule has 0 N–H and O–H groups in total. The Balaban J connectivity index is 2.48. The number of hydrogen-bond acceptors (Lipinski definition) is 2. The highest BCUT2D eigenvalue weighted by Crippen LogP contribution is 2.06. The summed E-state index contributed by atoms with van der Waals surface area (Å²) in [5.41, 5.74) is 0.674. The molecule has 0 radical (unpaired) electrons. The molecule has 0 bridgehead atoms. The van der Waals surface area contributed by atoms with E-state index in [4.69, 9.17) is 0 Å². The van der Waals surface area contributed by atoms with Crippen molar-refractivity contribution >= 4 is 0 Å². The van der Waals surface area contributed by atoms with Crippen LogP contribution < -0.4 is 0 Å². The van der Waals surface area contributed by atoms with E-state index < -0.39 is 0 Å². The van der Waals surface area contributed by atoms with Gasteiger partial charge < -0.3 is 0 Å². The Hall–Kier alpha value is -1.71. The van der Waals surface area contributed by atoms with Crippen LogP contribution in [0.1, 0.15) is 0 Å². The molecule has 0 aliphatic heterocycles. The van der Waals surface area contributed by atoms with Gasteiger partial charge in [0.25, 0.3) is 0 Å². The van der Waals surface area contributed by atoms with Crippen LogP contribution in [0.25, 0.3) is 5.69 Å². The molecule has 0 unspecified atom stereocenters. The van der Waals surface area contributed by atoms with Crippen LogP contribution in [0, 0.1) is 5.82 Å². The highest BCUT2D eigenvalue weighted by atomic mass is 19.1. The summed E-state index contributed by atoms with van der Waals surface area (Å²) in [7, 11) is 0. The van der Waals surface area contributed by atoms with Crippen LogP contribution in [0.4, 0.5) is 4.39 Å². The third-order valence-corrected chi connectivity index (χ3v) is 1.50. The highest BCUT2D eigenvalue weighted by Gasteiger charge is 1.96. The van der Waals surface area contributed by atoms with Crippen LogP contribution in [-0.2, 0) is 0 Å². The van der Waals surface area contributed by atoms with Crippen molar-refractivity contribution in [3.05, 3.63) is 42.5 Å². The van der Waals surface area contributed by atoms with Crippen molar-refractivity contribution in [1.29, 1.82) is 0 Å². The zero-order chi connectivity index (χ0) is 8.39. The lowest BCUT2D eigenvalue weighted by molar-refractivity contribution is 0.625. The van der Waals surface area contributed by atoms with E-state index in [1.165, 1.54) is 16.8 Å². The van der Waals surface area contributed by atoms with Gasteiger partial charge in [-0.2, -0.15) is 0 Å². The van der Waals surface area contributed by atoms with E-state index in [0.29, 0.717) is 5.69 Å². The molecule has 1 heterocycles. The zero-order valence-electron chi connectivity index (χ0n) is 6.18. The first-order valence-corrected chi connectivity index (χ1v) is 3.48. The molecule has 0 atom stereocenters. The molecule has 0 saturated carbocycles. The molecule has 0 amide bonds. The number of hydrogen-bond donors (Lipinski definition) is 0. The minimum Gasteiger partial charge on any atom is -0.221 e. The van der Waals surface area contributed by atoms with E-state index in [0.717, 1.165) is 0 Å². The second-order valence-electron chi connectivity index (χ2n) is 2.33. The Bertz CT molecular complexity index is 370. The molecule has 0 fully saturated rings. The van der Waals surface area contributed by atoms with Gasteiger partial charge in [-0.25, -0.2) is 9.07 Å². The van der Waals surface area contributed by atoms with Crippen molar-refractivity contribution in [3.63, 3.8) is 0 Å². The van der Waals surface area contributed by atoms with Crippen LogP contribution in [0.15, 0.2) is 36.7 Å². The van der Waals surface area contributed by atoms with Crippen molar-refractivity contribution in [2.24, 2.45) is 0 Å². The van der Waals surface area contributed by atoms with Gasteiger partial charge >= 0.3 is 0 Å². The maximum absolute atomic E-state index is 12.7. The molecule has 3 nitrogen and oxygen atoms in total. The zero-order valence-corrected chi connectivity index (χ0v) is 6.18. The predicted molar refractivity (Wildman–Crippen MR) is 41.3 cm³/mol. The number of aromatic nitrogens is 3. The molecule has 2 aromatic rings. The third-order valence-electron chi connectivity index (χ3n) is 1.50. The molecule has 0 spiro atoms. The molecular formula is C8H6FN3. The average Bonchev–Trinajstić information content (AvgIpc) is 2.56. The van der Waals surface area contributed by atoms with Crippen molar-refractivity contribution in [3.8, 4) is 5.69 Å². The molecule has 0 aliphatic rings. The summed E-state index contributed by atoms with van der Waals surface area (Å²) >= 11 is 0. The third kappa shape index (κ3) is 1.18. The van der Waals surface area contributed by atoms with E-state index in [1.54, 1.807) is 24.5 Å². The fourth-order valence-corrected chi connectivity index (χ4v) is 0.965. The quantitative estimate of drug-likeness (QED) is 0.636. The van der Waals surface area contributed by atoms with Gasteiger partial charge in [-0.15, -0.1) is 5.10 Å². The molecule has 1 aromatic heterocycles. The Kier molecular flexibility index (Phi) is 1.59. The summed E-state index contributed by atoms with van der Waals surface area (Å²) in [5, 5.41) is 7.35. The summed E-state index contributed by atoms with van der Waals surface area (Å²) in [4.78, 5) is 0. The second-order valence-corrected chi connectivity index (χ2v) is 2.33. The van der Waals surface area contributed by atoms with Crippen LogP contribution in [0.5, 0.6) is 0 Å². The Morgan fingerprint density at radius 2 is 2.25 bits per heavy atom. The van der Waals surface area contributed by atoms with Gasteiger partial charge in [0.1, 0.15) is 5.82 Å². The molecule has 4 heteroatoms. The summed E-state index contributed by atoms with van der Waals surface area (Å²) in [6, 6.07) is 6.18. The van der Waals surface area contributed by atoms with Gasteiger partial charge in [-0.1, -0.05) is 11.3 Å². The van der Waals surface area contributed by atoms with Crippen molar-refractivity contribution in [1.82, 2.24) is 15.0 Å². The SMILES string of the molecule is Fc1cccc(-n2ccnn2)c1. The molecule has 60 valence electrons. The van der Waals surface area contributed by atoms with Crippen LogP contribution in [0.2, 0.25) is 0 Å². The van der Waals surface area contributed by atoms with E-state index in [-0.39, 0.29) is 5.82 Å². The lowest BCUT2D eigenvalue weighted by Gasteiger charge is -1.97. The second kappa shape index (κ2) is 2.73. The first-order chi connectivity index (χ1) is 5.86. The Labute approximate surface area is 68.4 Å². The summed E-state index contributed by atoms with van der Waals surface area (Å²) in [5.74, 6) is -0.275. The minimum atomic E-state index is -0.275. The van der Waals surface area contributed by atoms with E-state index in [1.807, 2.05) is 0 Å². The fraction of sp³-hybridized carbons (Fsp3) is 0. The molecule has 0 saturated heterocycles. The number of rotatable bonds is 1. The Morgan fingerprint density at radius 3 is 2.92 bits per heavy atom. The van der Waals surface area contributed by atoms with Gasteiger partial charge in [0, 0.05) is 0 Å². The van der Waals surface area contributed by atoms with Gasteiger partial charge in [0.15, 0.2) is 0 Å². The van der Waals surface area contributed by atoms with Gasteiger partial charge in [-0.05, 0) is 18.2 Å². The lowest BCUT2D eigenvalue weighted by Crippen LogP contribution is -1.94. The maximum Gasteiger partial charge on any atom is 0.125 e. The lowest BCUT2D eigenvalue weighted by atomic mass is 10.3. The monoisotopic (exact) mass is 163 g/mol. The summed E-state index contributed by atoms with van der Waals surface area (Å²) < 4.78 is 14.2. The molecule has 2 rings (SSSR count). The standard InChI is InChI=1S/C8H6FN3/c9-7-2-1-3-8(6-7)12-5-4-10-11-12/h1-6H. The smallest absolute Gasteiger partial charge is 0.125 e. The number of halogens is 1. The molecular weight excluding hydrogens is 157 g/mol. The van der Waals surface area contributed by atoms with Gasteiger partial charge in [-0.3, -0.25) is 0 Å². The molecule has 0 aliphatic carbocycles. The number of benzene rings is 1. The predicted octanol–water partition coefficient (Wildman–Crippen LogP) is 1.41. The first-order valence-electron chi connectivity index (χ1n) is 3.48. The number of nitrogens with zero attached hydrogens (tertiary/aromatic N) is 3. The van der Waals surface area contributed by atoms with Crippen LogP contribution >= 0.6 is 0 Å². The van der Waals surface area contributed by atoms with Crippen molar-refractivity contribution in [2.75, 3.05) is 0 Å². The maximum atomic E-state index is 12.7. The topological polar surface area (TPSA) is 30.7 Å². The van der Waals surface area contributed by atoms with E-state index >= 15 is 0 Å². The van der Waals surface area contributed by atoms with E-state index in [2.05, 4.69) is 10.3 Å². The normalized spacial score (nSPS) is 10.1. The molecule has 12 heavy (non-hydrogen) atoms. The Morgan fingerprint density at radius 1 is 1.33 bits per heavy atom. The van der Waals surface area contributed by atoms with Crippen molar-refractivity contribution < 1.29 is 4.39 Å². The molecule has 1 aromatic carbocycles. The highest BCUT2D eigenvalue weighted by molar-refractivity contribution is 5.30. The fourth-order valence-electron chi connectivity index (χ4n) is 0.965.